The van der Waals surface area contributed by atoms with E-state index in [-0.39, 0.29) is 11.4 Å². The molecule has 0 radical (unpaired) electrons. The highest BCUT2D eigenvalue weighted by Gasteiger charge is 2.30. The van der Waals surface area contributed by atoms with Gasteiger partial charge in [-0.15, -0.1) is 11.8 Å². The van der Waals surface area contributed by atoms with Crippen LogP contribution in [0.25, 0.3) is 0 Å². The lowest BCUT2D eigenvalue weighted by atomic mass is 10.2. The van der Waals surface area contributed by atoms with E-state index < -0.39 is 0 Å². The highest BCUT2D eigenvalue weighted by atomic mass is 32.2. The molecule has 1 aromatic rings. The van der Waals surface area contributed by atoms with Crippen molar-refractivity contribution in [3.63, 3.8) is 0 Å². The second-order valence-corrected chi connectivity index (χ2v) is 5.44. The van der Waals surface area contributed by atoms with Gasteiger partial charge < -0.3 is 10.6 Å². The standard InChI is InChI=1S/C13H13N3OS/c17-12(9-4-2-1-3-5-9)16-13-15-10-6-7-14-8-11(10)18-13/h1-7,11,13,15H,8H2,(H,16,17). The van der Waals surface area contributed by atoms with E-state index in [4.69, 9.17) is 0 Å². The number of benzene rings is 1. The van der Waals surface area contributed by atoms with Crippen LogP contribution in [0.5, 0.6) is 0 Å². The Morgan fingerprint density at radius 3 is 3.00 bits per heavy atom. The Hall–Kier alpha value is -1.75. The SMILES string of the molecule is O=C(NC1NC2=CC=NCC2S1)c1ccccc1. The fourth-order valence-corrected chi connectivity index (χ4v) is 3.14. The van der Waals surface area contributed by atoms with Crippen LogP contribution >= 0.6 is 11.8 Å². The number of nitrogens with zero attached hydrogens (tertiary/aromatic N) is 1. The van der Waals surface area contributed by atoms with Crippen LogP contribution in [0, 0.1) is 0 Å². The van der Waals surface area contributed by atoms with Crippen LogP contribution in [0.2, 0.25) is 0 Å². The normalized spacial score (nSPS) is 25.0. The summed E-state index contributed by atoms with van der Waals surface area (Å²) < 4.78 is 0. The molecule has 1 fully saturated rings. The molecule has 0 bridgehead atoms. The summed E-state index contributed by atoms with van der Waals surface area (Å²) in [5.41, 5.74) is 1.75. The van der Waals surface area contributed by atoms with Crippen LogP contribution in [-0.2, 0) is 0 Å². The maximum Gasteiger partial charge on any atom is 0.253 e. The first-order chi connectivity index (χ1) is 8.83. The molecule has 2 N–H and O–H groups in total. The Morgan fingerprint density at radius 2 is 2.22 bits per heavy atom. The molecule has 2 unspecified atom stereocenters. The van der Waals surface area contributed by atoms with Gasteiger partial charge in [-0.25, -0.2) is 0 Å². The van der Waals surface area contributed by atoms with Crippen molar-refractivity contribution in [2.75, 3.05) is 6.54 Å². The molecule has 2 heterocycles. The van der Waals surface area contributed by atoms with E-state index in [9.17, 15) is 4.79 Å². The number of carbonyl (C=O) groups is 1. The molecular formula is C13H13N3OS. The molecule has 4 nitrogen and oxygen atoms in total. The fourth-order valence-electron chi connectivity index (χ4n) is 1.96. The predicted molar refractivity (Wildman–Crippen MR) is 73.7 cm³/mol. The van der Waals surface area contributed by atoms with Gasteiger partial charge in [0.1, 0.15) is 5.50 Å². The highest BCUT2D eigenvalue weighted by molar-refractivity contribution is 8.01. The lowest BCUT2D eigenvalue weighted by Crippen LogP contribution is -2.39. The number of aliphatic imine (C=N–C) groups is 1. The second-order valence-electron chi connectivity index (χ2n) is 4.12. The molecule has 92 valence electrons. The van der Waals surface area contributed by atoms with Crippen molar-refractivity contribution < 1.29 is 4.79 Å². The Bertz CT molecular complexity index is 512. The molecular weight excluding hydrogens is 246 g/mol. The van der Waals surface area contributed by atoms with Crippen molar-refractivity contribution in [2.45, 2.75) is 10.7 Å². The minimum Gasteiger partial charge on any atom is -0.359 e. The van der Waals surface area contributed by atoms with Crippen LogP contribution in [0.3, 0.4) is 0 Å². The van der Waals surface area contributed by atoms with Gasteiger partial charge >= 0.3 is 0 Å². The first-order valence-electron chi connectivity index (χ1n) is 5.81. The van der Waals surface area contributed by atoms with Crippen molar-refractivity contribution in [1.82, 2.24) is 10.6 Å². The summed E-state index contributed by atoms with van der Waals surface area (Å²) >= 11 is 1.69. The maximum atomic E-state index is 12.0. The fraction of sp³-hybridized carbons (Fsp3) is 0.231. The minimum atomic E-state index is -0.0735. The molecule has 5 heteroatoms. The van der Waals surface area contributed by atoms with E-state index >= 15 is 0 Å². The molecule has 1 aromatic carbocycles. The van der Waals surface area contributed by atoms with Gasteiger partial charge in [-0.1, -0.05) is 18.2 Å². The van der Waals surface area contributed by atoms with Crippen molar-refractivity contribution >= 4 is 23.9 Å². The number of carbonyl (C=O) groups excluding carboxylic acids is 1. The molecule has 2 aliphatic rings. The molecule has 1 amide bonds. The summed E-state index contributed by atoms with van der Waals surface area (Å²) in [6, 6.07) is 9.24. The number of rotatable bonds is 2. The van der Waals surface area contributed by atoms with Gasteiger partial charge in [0.15, 0.2) is 0 Å². The topological polar surface area (TPSA) is 53.5 Å². The molecule has 2 aliphatic heterocycles. The van der Waals surface area contributed by atoms with Crippen LogP contribution in [-0.4, -0.2) is 29.4 Å². The molecule has 0 aliphatic carbocycles. The average Bonchev–Trinajstić information content (AvgIpc) is 2.82. The zero-order valence-corrected chi connectivity index (χ0v) is 10.5. The molecule has 1 saturated heterocycles. The smallest absolute Gasteiger partial charge is 0.253 e. The monoisotopic (exact) mass is 259 g/mol. The van der Waals surface area contributed by atoms with Gasteiger partial charge in [0, 0.05) is 17.5 Å². The van der Waals surface area contributed by atoms with E-state index in [2.05, 4.69) is 15.6 Å². The Balaban J connectivity index is 1.64. The van der Waals surface area contributed by atoms with Gasteiger partial charge in [-0.05, 0) is 18.2 Å². The largest absolute Gasteiger partial charge is 0.359 e. The summed E-state index contributed by atoms with van der Waals surface area (Å²) in [6.07, 6.45) is 3.77. The number of amides is 1. The zero-order chi connectivity index (χ0) is 12.4. The van der Waals surface area contributed by atoms with Crippen LogP contribution in [0.15, 0.2) is 47.1 Å². The van der Waals surface area contributed by atoms with Gasteiger partial charge in [0.05, 0.1) is 11.8 Å². The molecule has 0 saturated carbocycles. The van der Waals surface area contributed by atoms with Gasteiger partial charge in [0.2, 0.25) is 0 Å². The average molecular weight is 259 g/mol. The third-order valence-corrected chi connectivity index (χ3v) is 4.11. The van der Waals surface area contributed by atoms with Crippen LogP contribution < -0.4 is 10.6 Å². The Labute approximate surface area is 110 Å². The summed E-state index contributed by atoms with van der Waals surface area (Å²) in [7, 11) is 0. The lowest BCUT2D eigenvalue weighted by Gasteiger charge is -2.12. The number of thioether (sulfide) groups is 1. The molecule has 0 aromatic heterocycles. The summed E-state index contributed by atoms with van der Waals surface area (Å²) in [4.78, 5) is 16.2. The second kappa shape index (κ2) is 4.86. The van der Waals surface area contributed by atoms with Crippen molar-refractivity contribution in [2.24, 2.45) is 4.99 Å². The van der Waals surface area contributed by atoms with Crippen LogP contribution in [0.4, 0.5) is 0 Å². The number of allylic oxidation sites excluding steroid dienone is 1. The van der Waals surface area contributed by atoms with E-state index in [1.54, 1.807) is 18.0 Å². The first-order valence-corrected chi connectivity index (χ1v) is 6.75. The third-order valence-electron chi connectivity index (χ3n) is 2.87. The zero-order valence-electron chi connectivity index (χ0n) is 9.67. The first kappa shape index (κ1) is 11.3. The third kappa shape index (κ3) is 2.26. The quantitative estimate of drug-likeness (QED) is 0.843. The number of fused-ring (bicyclic) bond motifs is 1. The van der Waals surface area contributed by atoms with Crippen LogP contribution in [0.1, 0.15) is 10.4 Å². The van der Waals surface area contributed by atoms with Gasteiger partial charge in [-0.2, -0.15) is 0 Å². The van der Waals surface area contributed by atoms with Gasteiger partial charge in [0.25, 0.3) is 5.91 Å². The van der Waals surface area contributed by atoms with Gasteiger partial charge in [-0.3, -0.25) is 9.79 Å². The van der Waals surface area contributed by atoms with Crippen molar-refractivity contribution in [1.29, 1.82) is 0 Å². The maximum absolute atomic E-state index is 12.0. The minimum absolute atomic E-state index is 0.0548. The predicted octanol–water partition coefficient (Wildman–Crippen LogP) is 1.37. The van der Waals surface area contributed by atoms with Crippen molar-refractivity contribution in [3.05, 3.63) is 47.7 Å². The Morgan fingerprint density at radius 1 is 1.39 bits per heavy atom. The van der Waals surface area contributed by atoms with E-state index in [1.807, 2.05) is 36.4 Å². The van der Waals surface area contributed by atoms with E-state index in [0.717, 1.165) is 12.2 Å². The lowest BCUT2D eigenvalue weighted by molar-refractivity contribution is 0.0947. The number of dihydropyridines is 1. The number of hydrogen-bond acceptors (Lipinski definition) is 4. The van der Waals surface area contributed by atoms with Crippen molar-refractivity contribution in [3.8, 4) is 0 Å². The number of hydrogen-bond donors (Lipinski definition) is 2. The molecule has 3 rings (SSSR count). The van der Waals surface area contributed by atoms with E-state index in [1.165, 1.54) is 0 Å². The molecule has 0 spiro atoms. The highest BCUT2D eigenvalue weighted by Crippen LogP contribution is 2.30. The summed E-state index contributed by atoms with van der Waals surface area (Å²) in [5.74, 6) is -0.0548. The van der Waals surface area contributed by atoms with E-state index in [0.29, 0.717) is 10.8 Å². The summed E-state index contributed by atoms with van der Waals surface area (Å²) in [6.45, 7) is 0.779. The molecule has 2 atom stereocenters. The summed E-state index contributed by atoms with van der Waals surface area (Å²) in [5, 5.41) is 6.61. The Kier molecular flexibility index (Phi) is 3.06. The molecule has 18 heavy (non-hydrogen) atoms. The number of nitrogens with one attached hydrogen (secondary N) is 2.